The maximum absolute atomic E-state index is 3.64. The average Bonchev–Trinajstić information content (AvgIpc) is 2.79. The van der Waals surface area contributed by atoms with Gasteiger partial charge in [0.05, 0.1) is 0 Å². The molecule has 1 aliphatic rings. The molecule has 2 aromatic carbocycles. The molecule has 1 heteroatoms. The highest BCUT2D eigenvalue weighted by Gasteiger charge is 2.17. The molecular weight excluding hydrogens is 230 g/mol. The first kappa shape index (κ1) is 10.9. The van der Waals surface area contributed by atoms with Gasteiger partial charge >= 0.3 is 0 Å². The largest absolute Gasteiger partial charge is 0.354 e. The van der Waals surface area contributed by atoms with Crippen molar-refractivity contribution in [2.24, 2.45) is 0 Å². The number of para-hydroxylation sites is 1. The summed E-state index contributed by atoms with van der Waals surface area (Å²) in [7, 11) is 0. The van der Waals surface area contributed by atoms with E-state index in [1.165, 1.54) is 59.0 Å². The van der Waals surface area contributed by atoms with Crippen LogP contribution in [0.1, 0.15) is 24.0 Å². The van der Waals surface area contributed by atoms with E-state index in [1.807, 2.05) is 0 Å². The smallest absolute Gasteiger partial charge is 0.0500 e. The van der Waals surface area contributed by atoms with E-state index < -0.39 is 0 Å². The van der Waals surface area contributed by atoms with Crippen molar-refractivity contribution in [3.8, 4) is 11.3 Å². The van der Waals surface area contributed by atoms with E-state index >= 15 is 0 Å². The number of nitrogens with one attached hydrogen (secondary N) is 1. The molecule has 4 rings (SSSR count). The minimum absolute atomic E-state index is 1.19. The Balaban J connectivity index is 2.06. The Morgan fingerprint density at radius 1 is 0.789 bits per heavy atom. The van der Waals surface area contributed by atoms with Crippen molar-refractivity contribution >= 4 is 10.9 Å². The van der Waals surface area contributed by atoms with Crippen LogP contribution in [0, 0.1) is 0 Å². The van der Waals surface area contributed by atoms with Crippen LogP contribution < -0.4 is 0 Å². The lowest BCUT2D eigenvalue weighted by atomic mass is 9.91. The predicted octanol–water partition coefficient (Wildman–Crippen LogP) is 4.71. The summed E-state index contributed by atoms with van der Waals surface area (Å²) in [5.74, 6) is 0. The van der Waals surface area contributed by atoms with Crippen molar-refractivity contribution in [1.82, 2.24) is 4.98 Å². The van der Waals surface area contributed by atoms with Crippen molar-refractivity contribution < 1.29 is 0 Å². The monoisotopic (exact) mass is 247 g/mol. The molecule has 0 saturated carbocycles. The third kappa shape index (κ3) is 1.69. The van der Waals surface area contributed by atoms with E-state index in [-0.39, 0.29) is 0 Å². The Bertz CT molecular complexity index is 736. The number of hydrogen-bond acceptors (Lipinski definition) is 0. The number of aromatic amines is 1. The van der Waals surface area contributed by atoms with E-state index in [9.17, 15) is 0 Å². The molecule has 1 N–H and O–H groups in total. The summed E-state index contributed by atoms with van der Waals surface area (Å²) in [5, 5.41) is 1.40. The van der Waals surface area contributed by atoms with Crippen molar-refractivity contribution in [2.45, 2.75) is 25.7 Å². The molecule has 1 aromatic heterocycles. The highest BCUT2D eigenvalue weighted by atomic mass is 14.7. The number of benzene rings is 2. The van der Waals surface area contributed by atoms with E-state index in [4.69, 9.17) is 0 Å². The van der Waals surface area contributed by atoms with Crippen LogP contribution in [0.15, 0.2) is 48.5 Å². The van der Waals surface area contributed by atoms with Gasteiger partial charge in [-0.3, -0.25) is 0 Å². The second-order valence-corrected chi connectivity index (χ2v) is 5.39. The molecule has 1 heterocycles. The van der Waals surface area contributed by atoms with Crippen LogP contribution in [0.25, 0.3) is 22.2 Å². The second kappa shape index (κ2) is 4.27. The van der Waals surface area contributed by atoms with Gasteiger partial charge in [-0.15, -0.1) is 0 Å². The molecule has 0 saturated heterocycles. The summed E-state index contributed by atoms with van der Waals surface area (Å²) >= 11 is 0. The summed E-state index contributed by atoms with van der Waals surface area (Å²) in [6.07, 6.45) is 4.96. The Labute approximate surface area is 113 Å². The number of rotatable bonds is 0. The summed E-state index contributed by atoms with van der Waals surface area (Å²) in [6, 6.07) is 17.5. The number of aryl methyl sites for hydroxylation is 2. The Morgan fingerprint density at radius 3 is 2.58 bits per heavy atom. The van der Waals surface area contributed by atoms with Gasteiger partial charge in [0.1, 0.15) is 0 Å². The highest BCUT2D eigenvalue weighted by Crippen LogP contribution is 2.35. The zero-order valence-electron chi connectivity index (χ0n) is 10.9. The highest BCUT2D eigenvalue weighted by molar-refractivity contribution is 5.91. The minimum atomic E-state index is 1.19. The van der Waals surface area contributed by atoms with Crippen LogP contribution in [-0.4, -0.2) is 4.98 Å². The van der Waals surface area contributed by atoms with E-state index in [0.717, 1.165) is 0 Å². The van der Waals surface area contributed by atoms with Crippen LogP contribution in [0.4, 0.5) is 0 Å². The fraction of sp³-hybridized carbons (Fsp3) is 0.222. The quantitative estimate of drug-likeness (QED) is 0.592. The number of fused-ring (bicyclic) bond motifs is 5. The SMILES string of the molecule is c1ccc2c(c1)CCCCc1c-2[nH]c2ccccc12. The van der Waals surface area contributed by atoms with Crippen molar-refractivity contribution in [3.05, 3.63) is 59.7 Å². The van der Waals surface area contributed by atoms with Gasteiger partial charge in [0.2, 0.25) is 0 Å². The lowest BCUT2D eigenvalue weighted by Crippen LogP contribution is -1.98. The molecule has 0 spiro atoms. The first-order valence-corrected chi connectivity index (χ1v) is 7.11. The lowest BCUT2D eigenvalue weighted by molar-refractivity contribution is 0.731. The molecule has 0 radical (unpaired) electrons. The fourth-order valence-corrected chi connectivity index (χ4v) is 3.29. The van der Waals surface area contributed by atoms with Gasteiger partial charge in [-0.2, -0.15) is 0 Å². The van der Waals surface area contributed by atoms with Crippen LogP contribution in [0.5, 0.6) is 0 Å². The molecular formula is C18H17N. The maximum Gasteiger partial charge on any atom is 0.0500 e. The summed E-state index contributed by atoms with van der Waals surface area (Å²) in [4.78, 5) is 3.64. The molecule has 0 fully saturated rings. The van der Waals surface area contributed by atoms with E-state index in [1.54, 1.807) is 0 Å². The van der Waals surface area contributed by atoms with Gasteiger partial charge in [-0.25, -0.2) is 0 Å². The second-order valence-electron chi connectivity index (χ2n) is 5.39. The lowest BCUT2D eigenvalue weighted by Gasteiger charge is -2.14. The molecule has 19 heavy (non-hydrogen) atoms. The predicted molar refractivity (Wildman–Crippen MR) is 80.4 cm³/mol. The summed E-state index contributed by atoms with van der Waals surface area (Å²) in [5.41, 5.74) is 6.99. The minimum Gasteiger partial charge on any atom is -0.354 e. The van der Waals surface area contributed by atoms with Gasteiger partial charge in [-0.1, -0.05) is 42.5 Å². The number of aromatic nitrogens is 1. The van der Waals surface area contributed by atoms with Crippen molar-refractivity contribution in [3.63, 3.8) is 0 Å². The number of hydrogen-bond donors (Lipinski definition) is 1. The standard InChI is InChI=1S/C18H17N/c1-3-9-14-13(7-1)8-2-4-11-16-15-10-5-6-12-17(15)19-18(14)16/h1,3,5-7,9-10,12,19H,2,4,8,11H2. The number of H-pyrrole nitrogens is 1. The van der Waals surface area contributed by atoms with Gasteiger partial charge in [0, 0.05) is 22.2 Å². The zero-order chi connectivity index (χ0) is 12.7. The van der Waals surface area contributed by atoms with Gasteiger partial charge in [0.25, 0.3) is 0 Å². The van der Waals surface area contributed by atoms with Crippen LogP contribution in [-0.2, 0) is 12.8 Å². The molecule has 0 aliphatic heterocycles. The summed E-state index contributed by atoms with van der Waals surface area (Å²) < 4.78 is 0. The molecule has 1 aliphatic carbocycles. The van der Waals surface area contributed by atoms with Crippen LogP contribution in [0.3, 0.4) is 0 Å². The summed E-state index contributed by atoms with van der Waals surface area (Å²) in [6.45, 7) is 0. The first-order valence-electron chi connectivity index (χ1n) is 7.11. The van der Waals surface area contributed by atoms with Gasteiger partial charge < -0.3 is 4.98 Å². The first-order chi connectivity index (χ1) is 9.43. The van der Waals surface area contributed by atoms with Crippen molar-refractivity contribution in [1.29, 1.82) is 0 Å². The fourth-order valence-electron chi connectivity index (χ4n) is 3.29. The van der Waals surface area contributed by atoms with E-state index in [0.29, 0.717) is 0 Å². The molecule has 0 amide bonds. The molecule has 1 nitrogen and oxygen atoms in total. The molecule has 0 unspecified atom stereocenters. The third-order valence-electron chi connectivity index (χ3n) is 4.22. The molecule has 0 bridgehead atoms. The maximum atomic E-state index is 3.64. The Kier molecular flexibility index (Phi) is 2.44. The topological polar surface area (TPSA) is 15.8 Å². The Morgan fingerprint density at radius 2 is 1.58 bits per heavy atom. The zero-order valence-corrected chi connectivity index (χ0v) is 10.9. The molecule has 3 aromatic rings. The average molecular weight is 247 g/mol. The van der Waals surface area contributed by atoms with Crippen molar-refractivity contribution in [2.75, 3.05) is 0 Å². The van der Waals surface area contributed by atoms with Gasteiger partial charge in [0.15, 0.2) is 0 Å². The Hall–Kier alpha value is -2.02. The van der Waals surface area contributed by atoms with Crippen LogP contribution >= 0.6 is 0 Å². The van der Waals surface area contributed by atoms with Gasteiger partial charge in [-0.05, 0) is 42.9 Å². The molecule has 0 atom stereocenters. The van der Waals surface area contributed by atoms with E-state index in [2.05, 4.69) is 53.5 Å². The third-order valence-corrected chi connectivity index (χ3v) is 4.22. The molecule has 94 valence electrons. The van der Waals surface area contributed by atoms with Crippen LogP contribution in [0.2, 0.25) is 0 Å². The normalized spacial score (nSPS) is 14.5.